The Bertz CT molecular complexity index is 995. The lowest BCUT2D eigenvalue weighted by Gasteiger charge is -2.24. The minimum atomic E-state index is -0.0159. The molecule has 0 spiro atoms. The van der Waals surface area contributed by atoms with E-state index in [0.29, 0.717) is 11.5 Å². The molecule has 3 aromatic heterocycles. The van der Waals surface area contributed by atoms with Gasteiger partial charge in [0, 0.05) is 25.0 Å². The highest BCUT2D eigenvalue weighted by Crippen LogP contribution is 2.25. The van der Waals surface area contributed by atoms with Crippen LogP contribution in [-0.2, 0) is 6.42 Å². The monoisotopic (exact) mass is 392 g/mol. The van der Waals surface area contributed by atoms with Crippen molar-refractivity contribution < 1.29 is 9.32 Å². The Labute approximate surface area is 169 Å². The van der Waals surface area contributed by atoms with Crippen LogP contribution in [0, 0.1) is 20.8 Å². The van der Waals surface area contributed by atoms with E-state index in [-0.39, 0.29) is 11.9 Å². The maximum absolute atomic E-state index is 12.9. The summed E-state index contributed by atoms with van der Waals surface area (Å²) in [5.74, 6) is 1.34. The van der Waals surface area contributed by atoms with Crippen molar-refractivity contribution in [1.82, 2.24) is 30.0 Å². The van der Waals surface area contributed by atoms with Crippen molar-refractivity contribution in [2.75, 3.05) is 6.54 Å². The minimum Gasteiger partial charge on any atom is -0.361 e. The van der Waals surface area contributed by atoms with Gasteiger partial charge in [-0.05, 0) is 52.5 Å². The smallest absolute Gasteiger partial charge is 0.272 e. The van der Waals surface area contributed by atoms with Crippen LogP contribution in [0.1, 0.15) is 52.7 Å². The van der Waals surface area contributed by atoms with E-state index in [2.05, 4.69) is 25.1 Å². The van der Waals surface area contributed by atoms with Crippen molar-refractivity contribution in [2.24, 2.45) is 0 Å². The molecule has 0 saturated carbocycles. The quantitative estimate of drug-likeness (QED) is 0.658. The number of carbonyl (C=O) groups is 1. The van der Waals surface area contributed by atoms with Crippen molar-refractivity contribution >= 4 is 5.91 Å². The predicted octanol–water partition coefficient (Wildman–Crippen LogP) is 3.08. The minimum absolute atomic E-state index is 0.0159. The number of aromatic nitrogens is 5. The van der Waals surface area contributed by atoms with E-state index in [0.717, 1.165) is 60.6 Å². The van der Waals surface area contributed by atoms with Gasteiger partial charge in [-0.2, -0.15) is 0 Å². The fraction of sp³-hybridized carbons (Fsp3) is 0.429. The molecule has 8 nitrogen and oxygen atoms in total. The molecule has 0 N–H and O–H groups in total. The number of hydrogen-bond donors (Lipinski definition) is 0. The number of likely N-dealkylation sites (tertiary alicyclic amines) is 1. The Kier molecular flexibility index (Phi) is 5.33. The van der Waals surface area contributed by atoms with Crippen LogP contribution in [0.15, 0.2) is 29.2 Å². The summed E-state index contributed by atoms with van der Waals surface area (Å²) in [6.45, 7) is 6.33. The highest BCUT2D eigenvalue weighted by atomic mass is 16.5. The van der Waals surface area contributed by atoms with E-state index < -0.39 is 0 Å². The zero-order valence-electron chi connectivity index (χ0n) is 16.9. The maximum Gasteiger partial charge on any atom is 0.272 e. The van der Waals surface area contributed by atoms with Crippen molar-refractivity contribution in [3.63, 3.8) is 0 Å². The first kappa shape index (κ1) is 19.2. The second kappa shape index (κ2) is 8.06. The van der Waals surface area contributed by atoms with Crippen LogP contribution in [-0.4, -0.2) is 48.5 Å². The van der Waals surface area contributed by atoms with Gasteiger partial charge in [-0.1, -0.05) is 5.16 Å². The Morgan fingerprint density at radius 3 is 2.76 bits per heavy atom. The SMILES string of the molecule is Cc1nccc(C(=O)N2CCCC2CCc2cnc(-c3c(C)noc3C)cn2)n1. The first-order valence-electron chi connectivity index (χ1n) is 9.87. The van der Waals surface area contributed by atoms with Crippen LogP contribution in [0.2, 0.25) is 0 Å². The molecular formula is C21H24N6O2. The molecule has 1 fully saturated rings. The molecule has 1 aliphatic heterocycles. The number of aryl methyl sites for hydroxylation is 4. The van der Waals surface area contributed by atoms with Gasteiger partial charge in [0.15, 0.2) is 0 Å². The summed E-state index contributed by atoms with van der Waals surface area (Å²) in [6.07, 6.45) is 8.84. The number of carbonyl (C=O) groups excluding carboxylic acids is 1. The molecule has 0 aromatic carbocycles. The first-order chi connectivity index (χ1) is 14.0. The normalized spacial score (nSPS) is 16.4. The summed E-state index contributed by atoms with van der Waals surface area (Å²) in [5, 5.41) is 3.97. The van der Waals surface area contributed by atoms with Crippen molar-refractivity contribution in [3.05, 3.63) is 53.3 Å². The molecule has 29 heavy (non-hydrogen) atoms. The molecule has 4 rings (SSSR count). The Hall–Kier alpha value is -3.16. The fourth-order valence-electron chi connectivity index (χ4n) is 3.90. The third-order valence-corrected chi connectivity index (χ3v) is 5.36. The van der Waals surface area contributed by atoms with Gasteiger partial charge >= 0.3 is 0 Å². The number of nitrogens with zero attached hydrogens (tertiary/aromatic N) is 6. The molecule has 8 heteroatoms. The van der Waals surface area contributed by atoms with Gasteiger partial charge in [0.25, 0.3) is 5.91 Å². The van der Waals surface area contributed by atoms with E-state index >= 15 is 0 Å². The van der Waals surface area contributed by atoms with Crippen LogP contribution in [0.4, 0.5) is 0 Å². The van der Waals surface area contributed by atoms with E-state index in [1.807, 2.05) is 18.7 Å². The van der Waals surface area contributed by atoms with Gasteiger partial charge in [-0.15, -0.1) is 0 Å². The molecule has 1 unspecified atom stereocenters. The first-order valence-corrected chi connectivity index (χ1v) is 9.87. The average molecular weight is 392 g/mol. The summed E-state index contributed by atoms with van der Waals surface area (Å²) in [5.41, 5.74) is 3.86. The highest BCUT2D eigenvalue weighted by molar-refractivity contribution is 5.92. The number of rotatable bonds is 5. The standard InChI is InChI=1S/C21H24N6O2/c1-13-20(14(2)29-26-13)19-12-23-16(11-24-19)6-7-17-5-4-10-27(17)21(28)18-8-9-22-15(3)25-18/h8-9,11-12,17H,4-7,10H2,1-3H3. The van der Waals surface area contributed by atoms with Crippen LogP contribution < -0.4 is 0 Å². The third kappa shape index (κ3) is 4.01. The summed E-state index contributed by atoms with van der Waals surface area (Å²) in [6, 6.07) is 1.88. The topological polar surface area (TPSA) is 97.9 Å². The Morgan fingerprint density at radius 2 is 2.07 bits per heavy atom. The van der Waals surface area contributed by atoms with Crippen LogP contribution >= 0.6 is 0 Å². The van der Waals surface area contributed by atoms with Gasteiger partial charge in [0.05, 0.1) is 28.8 Å². The summed E-state index contributed by atoms with van der Waals surface area (Å²) >= 11 is 0. The molecule has 4 heterocycles. The molecule has 0 bridgehead atoms. The van der Waals surface area contributed by atoms with Crippen LogP contribution in [0.3, 0.4) is 0 Å². The zero-order valence-corrected chi connectivity index (χ0v) is 16.9. The van der Waals surface area contributed by atoms with Gasteiger partial charge in [0.2, 0.25) is 0 Å². The molecule has 0 radical (unpaired) electrons. The van der Waals surface area contributed by atoms with E-state index in [4.69, 9.17) is 4.52 Å². The summed E-state index contributed by atoms with van der Waals surface area (Å²) in [7, 11) is 0. The molecule has 1 aliphatic rings. The predicted molar refractivity (Wildman–Crippen MR) is 106 cm³/mol. The van der Waals surface area contributed by atoms with Crippen LogP contribution in [0.25, 0.3) is 11.3 Å². The molecule has 1 amide bonds. The van der Waals surface area contributed by atoms with Crippen molar-refractivity contribution in [2.45, 2.75) is 52.5 Å². The molecule has 0 aliphatic carbocycles. The fourth-order valence-corrected chi connectivity index (χ4v) is 3.90. The second-order valence-electron chi connectivity index (χ2n) is 7.41. The zero-order chi connectivity index (χ0) is 20.4. The number of hydrogen-bond acceptors (Lipinski definition) is 7. The van der Waals surface area contributed by atoms with Gasteiger partial charge < -0.3 is 9.42 Å². The van der Waals surface area contributed by atoms with E-state index in [1.54, 1.807) is 31.6 Å². The largest absolute Gasteiger partial charge is 0.361 e. The molecule has 3 aromatic rings. The summed E-state index contributed by atoms with van der Waals surface area (Å²) < 4.78 is 5.21. The average Bonchev–Trinajstić information content (AvgIpc) is 3.32. The van der Waals surface area contributed by atoms with E-state index in [9.17, 15) is 4.79 Å². The van der Waals surface area contributed by atoms with Gasteiger partial charge in [-0.3, -0.25) is 14.8 Å². The Morgan fingerprint density at radius 1 is 1.21 bits per heavy atom. The Balaban J connectivity index is 1.41. The highest BCUT2D eigenvalue weighted by Gasteiger charge is 2.30. The van der Waals surface area contributed by atoms with Crippen molar-refractivity contribution in [1.29, 1.82) is 0 Å². The number of amides is 1. The second-order valence-corrected chi connectivity index (χ2v) is 7.41. The van der Waals surface area contributed by atoms with Gasteiger partial charge in [-0.25, -0.2) is 9.97 Å². The van der Waals surface area contributed by atoms with E-state index in [1.165, 1.54) is 0 Å². The van der Waals surface area contributed by atoms with Crippen LogP contribution in [0.5, 0.6) is 0 Å². The molecule has 1 atom stereocenters. The third-order valence-electron chi connectivity index (χ3n) is 5.36. The lowest BCUT2D eigenvalue weighted by molar-refractivity contribution is 0.0724. The molecular weight excluding hydrogens is 368 g/mol. The van der Waals surface area contributed by atoms with Gasteiger partial charge in [0.1, 0.15) is 17.3 Å². The van der Waals surface area contributed by atoms with Crippen molar-refractivity contribution in [3.8, 4) is 11.3 Å². The lowest BCUT2D eigenvalue weighted by Crippen LogP contribution is -2.36. The summed E-state index contributed by atoms with van der Waals surface area (Å²) in [4.78, 5) is 32.2. The molecule has 150 valence electrons. The molecule has 1 saturated heterocycles. The maximum atomic E-state index is 12.9. The lowest BCUT2D eigenvalue weighted by atomic mass is 10.1.